The molecular formula is C31H26Cl2F6N4O4. The largest absolute Gasteiger partial charge is 0.507 e. The number of aromatic nitrogens is 1. The van der Waals surface area contributed by atoms with Crippen LogP contribution in [0.25, 0.3) is 22.4 Å². The molecule has 0 atom stereocenters. The van der Waals surface area contributed by atoms with Gasteiger partial charge in [-0.3, -0.25) is 14.4 Å². The molecule has 0 radical (unpaired) electrons. The summed E-state index contributed by atoms with van der Waals surface area (Å²) in [5, 5.41) is 20.8. The highest BCUT2D eigenvalue weighted by Crippen LogP contribution is 2.40. The van der Waals surface area contributed by atoms with Crippen LogP contribution in [0.15, 0.2) is 41.2 Å². The molecule has 1 saturated heterocycles. The van der Waals surface area contributed by atoms with Crippen molar-refractivity contribution in [2.24, 2.45) is 5.92 Å². The Morgan fingerprint density at radius 1 is 1.04 bits per heavy atom. The van der Waals surface area contributed by atoms with Gasteiger partial charge in [-0.15, -0.1) is 0 Å². The van der Waals surface area contributed by atoms with Crippen molar-refractivity contribution in [1.29, 1.82) is 5.26 Å². The summed E-state index contributed by atoms with van der Waals surface area (Å²) in [5.74, 6) is -1.94. The average Bonchev–Trinajstić information content (AvgIpc) is 3.00. The Labute approximate surface area is 274 Å². The smallest absolute Gasteiger partial charge is 0.416 e. The van der Waals surface area contributed by atoms with E-state index in [-0.39, 0.29) is 76.4 Å². The fourth-order valence-corrected chi connectivity index (χ4v) is 5.81. The van der Waals surface area contributed by atoms with Crippen molar-refractivity contribution in [3.63, 3.8) is 0 Å². The number of aromatic hydroxyl groups is 1. The molecule has 16 heteroatoms. The van der Waals surface area contributed by atoms with E-state index in [1.54, 1.807) is 6.07 Å². The summed E-state index contributed by atoms with van der Waals surface area (Å²) < 4.78 is 77.8. The fourth-order valence-electron chi connectivity index (χ4n) is 5.35. The summed E-state index contributed by atoms with van der Waals surface area (Å²) in [6.45, 7) is 0.0470. The van der Waals surface area contributed by atoms with Gasteiger partial charge in [-0.25, -0.2) is 0 Å². The molecule has 2 N–H and O–H groups in total. The number of nitrogens with zero attached hydrogens (tertiary/aromatic N) is 3. The summed E-state index contributed by atoms with van der Waals surface area (Å²) in [6.07, 6.45) is -10.6. The van der Waals surface area contributed by atoms with Crippen LogP contribution in [0.4, 0.5) is 26.3 Å². The first-order valence-electron chi connectivity index (χ1n) is 14.1. The molecule has 1 aliphatic rings. The molecule has 0 saturated carbocycles. The molecule has 4 rings (SSSR count). The van der Waals surface area contributed by atoms with Crippen LogP contribution in [-0.4, -0.2) is 58.0 Å². The third-order valence-electron chi connectivity index (χ3n) is 7.78. The summed E-state index contributed by atoms with van der Waals surface area (Å²) >= 11 is 12.5. The maximum Gasteiger partial charge on any atom is 0.416 e. The van der Waals surface area contributed by atoms with Gasteiger partial charge in [0.05, 0.1) is 17.7 Å². The minimum atomic E-state index is -4.75. The Morgan fingerprint density at radius 2 is 1.70 bits per heavy atom. The zero-order chi connectivity index (χ0) is 34.8. The lowest BCUT2D eigenvalue weighted by Crippen LogP contribution is -2.43. The molecule has 3 aromatic rings. The first-order valence-corrected chi connectivity index (χ1v) is 14.8. The van der Waals surface area contributed by atoms with Crippen molar-refractivity contribution in [2.75, 3.05) is 20.1 Å². The van der Waals surface area contributed by atoms with Gasteiger partial charge >= 0.3 is 12.4 Å². The van der Waals surface area contributed by atoms with Crippen LogP contribution in [0.5, 0.6) is 5.75 Å². The summed E-state index contributed by atoms with van der Waals surface area (Å²) in [5.41, 5.74) is -3.03. The number of alkyl halides is 6. The zero-order valence-electron chi connectivity index (χ0n) is 24.5. The number of amides is 2. The van der Waals surface area contributed by atoms with Crippen molar-refractivity contribution in [3.8, 4) is 34.2 Å². The normalized spacial score (nSPS) is 14.2. The van der Waals surface area contributed by atoms with E-state index < -0.39 is 59.5 Å². The van der Waals surface area contributed by atoms with E-state index in [9.17, 15) is 51.1 Å². The van der Waals surface area contributed by atoms with E-state index in [2.05, 4.69) is 4.98 Å². The summed E-state index contributed by atoms with van der Waals surface area (Å²) in [6, 6.07) is 7.95. The number of halogens is 8. The van der Waals surface area contributed by atoms with E-state index in [0.717, 1.165) is 12.1 Å². The van der Waals surface area contributed by atoms with Gasteiger partial charge in [-0.05, 0) is 49.2 Å². The fraction of sp³-hybridized carbons (Fsp3) is 0.355. The van der Waals surface area contributed by atoms with Gasteiger partial charge in [0.25, 0.3) is 5.56 Å². The van der Waals surface area contributed by atoms with Gasteiger partial charge in [0.1, 0.15) is 17.4 Å². The number of pyridine rings is 1. The van der Waals surface area contributed by atoms with Crippen LogP contribution in [0.1, 0.15) is 42.4 Å². The number of carbonyl (C=O) groups excluding carboxylic acids is 2. The molecule has 250 valence electrons. The molecule has 0 aliphatic carbocycles. The highest BCUT2D eigenvalue weighted by Gasteiger charge is 2.33. The number of hydrogen-bond acceptors (Lipinski definition) is 5. The monoisotopic (exact) mass is 702 g/mol. The van der Waals surface area contributed by atoms with Crippen molar-refractivity contribution < 1.29 is 41.0 Å². The van der Waals surface area contributed by atoms with Crippen LogP contribution in [0.3, 0.4) is 0 Å². The van der Waals surface area contributed by atoms with E-state index in [1.807, 2.05) is 0 Å². The Kier molecular flexibility index (Phi) is 10.5. The number of piperidine rings is 1. The average molecular weight is 703 g/mol. The molecule has 1 aromatic heterocycles. The number of phenols is 1. The molecule has 8 nitrogen and oxygen atoms in total. The topological polar surface area (TPSA) is 118 Å². The van der Waals surface area contributed by atoms with Crippen molar-refractivity contribution in [3.05, 3.63) is 73.5 Å². The second-order valence-electron chi connectivity index (χ2n) is 11.0. The minimum Gasteiger partial charge on any atom is -0.507 e. The molecule has 47 heavy (non-hydrogen) atoms. The molecule has 2 heterocycles. The van der Waals surface area contributed by atoms with Gasteiger partial charge in [0.15, 0.2) is 0 Å². The maximum atomic E-state index is 13.5. The molecule has 2 aromatic carbocycles. The first kappa shape index (κ1) is 35.6. The van der Waals surface area contributed by atoms with Crippen LogP contribution in [0.2, 0.25) is 10.0 Å². The van der Waals surface area contributed by atoms with Gasteiger partial charge in [0, 0.05) is 71.3 Å². The number of nitrogens with one attached hydrogen (secondary N) is 1. The van der Waals surface area contributed by atoms with Crippen LogP contribution in [0, 0.1) is 17.2 Å². The predicted molar refractivity (Wildman–Crippen MR) is 160 cm³/mol. The van der Waals surface area contributed by atoms with Gasteiger partial charge in [0.2, 0.25) is 11.8 Å². The Hall–Kier alpha value is -4.22. The molecule has 0 spiro atoms. The lowest BCUT2D eigenvalue weighted by molar-refractivity contribution is -0.150. The number of carbonyl (C=O) groups is 2. The Morgan fingerprint density at radius 3 is 2.30 bits per heavy atom. The minimum absolute atomic E-state index is 0.0510. The van der Waals surface area contributed by atoms with Crippen molar-refractivity contribution in [2.45, 2.75) is 44.6 Å². The van der Waals surface area contributed by atoms with Crippen molar-refractivity contribution in [1.82, 2.24) is 14.8 Å². The highest BCUT2D eigenvalue weighted by molar-refractivity contribution is 6.33. The number of nitriles is 1. The van der Waals surface area contributed by atoms with E-state index >= 15 is 0 Å². The molecule has 0 unspecified atom stereocenters. The number of benzene rings is 2. The second kappa shape index (κ2) is 13.9. The maximum absolute atomic E-state index is 13.5. The van der Waals surface area contributed by atoms with Gasteiger partial charge < -0.3 is 19.9 Å². The van der Waals surface area contributed by atoms with E-state index in [0.29, 0.717) is 6.07 Å². The Bertz CT molecular complexity index is 1790. The number of hydrogen-bond donors (Lipinski definition) is 2. The van der Waals surface area contributed by atoms with Crippen LogP contribution < -0.4 is 5.56 Å². The standard InChI is InChI=1S/C31H26Cl2F6N4O4/c1-42(29(47)16-5-8-43(9-6-16)26(44)4-7-30(34,35)36)15-17-10-19(32)12-22(27(17)45)25-13-20(23(14-40)28(46)41-25)21-11-18(31(37,38)39)2-3-24(21)33/h2-3,10-13,16,45H,4-9,15H2,1H3,(H,41,46). The quantitative estimate of drug-likeness (QED) is 0.254. The number of aromatic amines is 1. The lowest BCUT2D eigenvalue weighted by atomic mass is 9.94. The van der Waals surface area contributed by atoms with Gasteiger partial charge in [-0.2, -0.15) is 31.6 Å². The van der Waals surface area contributed by atoms with Gasteiger partial charge in [-0.1, -0.05) is 23.2 Å². The highest BCUT2D eigenvalue weighted by atomic mass is 35.5. The van der Waals surface area contributed by atoms with Crippen molar-refractivity contribution >= 4 is 35.0 Å². The predicted octanol–water partition coefficient (Wildman–Crippen LogP) is 7.15. The second-order valence-corrected chi connectivity index (χ2v) is 11.9. The zero-order valence-corrected chi connectivity index (χ0v) is 26.0. The molecular weight excluding hydrogens is 677 g/mol. The van der Waals surface area contributed by atoms with Crippen LogP contribution >= 0.6 is 23.2 Å². The van der Waals surface area contributed by atoms with E-state index in [1.165, 1.54) is 35.0 Å². The summed E-state index contributed by atoms with van der Waals surface area (Å²) in [4.78, 5) is 43.3. The number of rotatable bonds is 7. The molecule has 1 fully saturated rings. The third-order valence-corrected chi connectivity index (χ3v) is 8.32. The molecule has 0 bridgehead atoms. The molecule has 1 aliphatic heterocycles. The number of H-pyrrole nitrogens is 1. The number of likely N-dealkylation sites (tertiary alicyclic amines) is 1. The molecule has 2 amide bonds. The lowest BCUT2D eigenvalue weighted by Gasteiger charge is -2.33. The first-order chi connectivity index (χ1) is 21.9. The third kappa shape index (κ3) is 8.39. The Balaban J connectivity index is 1.59. The number of phenolic OH excluding ortho intramolecular Hbond substituents is 1. The van der Waals surface area contributed by atoms with E-state index in [4.69, 9.17) is 23.2 Å². The SMILES string of the molecule is CN(Cc1cc(Cl)cc(-c2cc(-c3cc(C(F)(F)F)ccc3Cl)c(C#N)c(=O)[nH]2)c1O)C(=O)C1CCN(C(=O)CCC(F)(F)F)CC1. The van der Waals surface area contributed by atoms with Crippen LogP contribution in [-0.2, 0) is 22.3 Å². The summed E-state index contributed by atoms with van der Waals surface area (Å²) in [7, 11) is 1.46.